The summed E-state index contributed by atoms with van der Waals surface area (Å²) in [4.78, 5) is -0.0987. The van der Waals surface area contributed by atoms with Gasteiger partial charge in [-0.05, 0) is 34.1 Å². The lowest BCUT2D eigenvalue weighted by Gasteiger charge is -2.07. The summed E-state index contributed by atoms with van der Waals surface area (Å²) >= 11 is 3.05. The second-order valence-corrected chi connectivity index (χ2v) is 7.23. The number of nitrogens with two attached hydrogens (primary N) is 1. The van der Waals surface area contributed by atoms with Gasteiger partial charge in [-0.3, -0.25) is 4.72 Å². The molecule has 0 fully saturated rings. The van der Waals surface area contributed by atoms with Crippen molar-refractivity contribution in [1.82, 2.24) is 0 Å². The number of rotatable bonds is 3. The third-order valence-corrected chi connectivity index (χ3v) is 3.72. The number of hydrogen-bond donors (Lipinski definition) is 2. The molecule has 6 nitrogen and oxygen atoms in total. The SMILES string of the molecule is CS(=O)(=O)Nc1ccc(S(N)(=O)=O)cc1Br. The van der Waals surface area contributed by atoms with Crippen molar-refractivity contribution in [2.45, 2.75) is 4.90 Å². The predicted molar refractivity (Wildman–Crippen MR) is 64.0 cm³/mol. The van der Waals surface area contributed by atoms with Gasteiger partial charge in [-0.25, -0.2) is 22.0 Å². The molecule has 0 spiro atoms. The number of benzene rings is 1. The molecular formula is C7H9BrN2O4S2. The van der Waals surface area contributed by atoms with E-state index in [-0.39, 0.29) is 10.6 Å². The number of hydrogen-bond acceptors (Lipinski definition) is 4. The lowest BCUT2D eigenvalue weighted by atomic mass is 10.3. The predicted octanol–water partition coefficient (Wildman–Crippen LogP) is 0.468. The summed E-state index contributed by atoms with van der Waals surface area (Å²) in [5, 5.41) is 4.92. The van der Waals surface area contributed by atoms with Gasteiger partial charge in [0.2, 0.25) is 20.0 Å². The van der Waals surface area contributed by atoms with E-state index >= 15 is 0 Å². The van der Waals surface area contributed by atoms with Gasteiger partial charge in [0.15, 0.2) is 0 Å². The lowest BCUT2D eigenvalue weighted by molar-refractivity contribution is 0.597. The first-order valence-electron chi connectivity index (χ1n) is 3.90. The van der Waals surface area contributed by atoms with Crippen LogP contribution in [0.1, 0.15) is 0 Å². The normalized spacial score (nSPS) is 12.4. The van der Waals surface area contributed by atoms with E-state index < -0.39 is 20.0 Å². The van der Waals surface area contributed by atoms with Crippen molar-refractivity contribution >= 4 is 41.7 Å². The third-order valence-electron chi connectivity index (χ3n) is 1.56. The summed E-state index contributed by atoms with van der Waals surface area (Å²) in [5.41, 5.74) is 0.245. The monoisotopic (exact) mass is 328 g/mol. The van der Waals surface area contributed by atoms with Crippen molar-refractivity contribution in [3.05, 3.63) is 22.7 Å². The van der Waals surface area contributed by atoms with Crippen LogP contribution < -0.4 is 9.86 Å². The standard InChI is InChI=1S/C7H9BrN2O4S2/c1-15(11,12)10-7-3-2-5(4-6(7)8)16(9,13)14/h2-4,10H,1H3,(H2,9,13,14). The van der Waals surface area contributed by atoms with E-state index in [4.69, 9.17) is 5.14 Å². The average Bonchev–Trinajstić information content (AvgIpc) is 2.04. The Balaban J connectivity index is 3.21. The first-order valence-corrected chi connectivity index (χ1v) is 8.13. The van der Waals surface area contributed by atoms with Crippen molar-refractivity contribution in [2.24, 2.45) is 5.14 Å². The minimum atomic E-state index is -3.79. The highest BCUT2D eigenvalue weighted by Gasteiger charge is 2.12. The Bertz CT molecular complexity index is 609. The van der Waals surface area contributed by atoms with Gasteiger partial charge in [0, 0.05) is 4.47 Å². The minimum Gasteiger partial charge on any atom is -0.283 e. The molecule has 0 aliphatic rings. The first kappa shape index (κ1) is 13.4. The fourth-order valence-corrected chi connectivity index (χ4v) is 2.83. The molecule has 1 aromatic carbocycles. The van der Waals surface area contributed by atoms with Gasteiger partial charge < -0.3 is 0 Å². The van der Waals surface area contributed by atoms with Gasteiger partial charge in [0.25, 0.3) is 0 Å². The molecule has 16 heavy (non-hydrogen) atoms. The van der Waals surface area contributed by atoms with Crippen LogP contribution >= 0.6 is 15.9 Å². The maximum atomic E-state index is 11.0. The quantitative estimate of drug-likeness (QED) is 0.840. The molecule has 0 aromatic heterocycles. The summed E-state index contributed by atoms with van der Waals surface area (Å²) in [6.45, 7) is 0. The van der Waals surface area contributed by atoms with E-state index in [0.717, 1.165) is 6.26 Å². The third kappa shape index (κ3) is 3.74. The number of halogens is 1. The zero-order valence-electron chi connectivity index (χ0n) is 8.14. The Kier molecular flexibility index (Phi) is 3.62. The van der Waals surface area contributed by atoms with Gasteiger partial charge in [-0.1, -0.05) is 0 Å². The van der Waals surface area contributed by atoms with Gasteiger partial charge in [-0.2, -0.15) is 0 Å². The van der Waals surface area contributed by atoms with Gasteiger partial charge in [-0.15, -0.1) is 0 Å². The van der Waals surface area contributed by atoms with Crippen LogP contribution in [-0.2, 0) is 20.0 Å². The molecule has 0 aliphatic heterocycles. The molecule has 0 saturated carbocycles. The molecule has 1 aromatic rings. The highest BCUT2D eigenvalue weighted by atomic mass is 79.9. The summed E-state index contributed by atoms with van der Waals surface area (Å²) in [6.07, 6.45) is 0.993. The highest BCUT2D eigenvalue weighted by Crippen LogP contribution is 2.25. The first-order chi connectivity index (χ1) is 7.09. The maximum Gasteiger partial charge on any atom is 0.238 e. The zero-order chi connectivity index (χ0) is 12.6. The van der Waals surface area contributed by atoms with Crippen molar-refractivity contribution in [2.75, 3.05) is 11.0 Å². The molecule has 0 atom stereocenters. The Morgan fingerprint density at radius 2 is 1.81 bits per heavy atom. The number of nitrogens with one attached hydrogen (secondary N) is 1. The van der Waals surface area contributed by atoms with Crippen LogP contribution in [0.15, 0.2) is 27.6 Å². The van der Waals surface area contributed by atoms with Crippen LogP contribution in [-0.4, -0.2) is 23.1 Å². The smallest absolute Gasteiger partial charge is 0.238 e. The van der Waals surface area contributed by atoms with Crippen LogP contribution in [0.4, 0.5) is 5.69 Å². The van der Waals surface area contributed by atoms with Crippen molar-refractivity contribution in [1.29, 1.82) is 0 Å². The van der Waals surface area contributed by atoms with Gasteiger partial charge >= 0.3 is 0 Å². The zero-order valence-corrected chi connectivity index (χ0v) is 11.4. The maximum absolute atomic E-state index is 11.0. The molecule has 90 valence electrons. The molecule has 0 bridgehead atoms. The van der Waals surface area contributed by atoms with Crippen molar-refractivity contribution in [3.63, 3.8) is 0 Å². The van der Waals surface area contributed by atoms with Crippen molar-refractivity contribution < 1.29 is 16.8 Å². The Hall–Kier alpha value is -0.640. The Labute approximate surface area is 102 Å². The van der Waals surface area contributed by atoms with E-state index in [0.29, 0.717) is 4.47 Å². The molecule has 9 heteroatoms. The van der Waals surface area contributed by atoms with E-state index in [1.807, 2.05) is 0 Å². The van der Waals surface area contributed by atoms with E-state index in [1.165, 1.54) is 18.2 Å². The fourth-order valence-electron chi connectivity index (χ4n) is 0.955. The Morgan fingerprint density at radius 1 is 1.25 bits per heavy atom. The largest absolute Gasteiger partial charge is 0.283 e. The summed E-state index contributed by atoms with van der Waals surface area (Å²) in [6, 6.07) is 3.75. The van der Waals surface area contributed by atoms with E-state index in [1.54, 1.807) is 0 Å². The molecular weight excluding hydrogens is 320 g/mol. The van der Waals surface area contributed by atoms with Gasteiger partial charge in [0.05, 0.1) is 16.8 Å². The second kappa shape index (κ2) is 4.32. The van der Waals surface area contributed by atoms with Gasteiger partial charge in [0.1, 0.15) is 0 Å². The second-order valence-electron chi connectivity index (χ2n) is 3.06. The van der Waals surface area contributed by atoms with Crippen LogP contribution in [0.25, 0.3) is 0 Å². The average molecular weight is 329 g/mol. The van der Waals surface area contributed by atoms with Crippen LogP contribution in [0, 0.1) is 0 Å². The molecule has 0 heterocycles. The summed E-state index contributed by atoms with van der Waals surface area (Å²) in [7, 11) is -7.20. The molecule has 0 amide bonds. The number of anilines is 1. The fraction of sp³-hybridized carbons (Fsp3) is 0.143. The Morgan fingerprint density at radius 3 is 2.19 bits per heavy atom. The molecule has 1 rings (SSSR count). The molecule has 3 N–H and O–H groups in total. The number of primary sulfonamides is 1. The molecule has 0 aliphatic carbocycles. The summed E-state index contributed by atoms with van der Waals surface area (Å²) < 4.78 is 46.4. The van der Waals surface area contributed by atoms with E-state index in [2.05, 4.69) is 20.7 Å². The highest BCUT2D eigenvalue weighted by molar-refractivity contribution is 9.10. The molecule has 0 unspecified atom stereocenters. The summed E-state index contributed by atoms with van der Waals surface area (Å²) in [5.74, 6) is 0. The van der Waals surface area contributed by atoms with Crippen LogP contribution in [0.5, 0.6) is 0 Å². The van der Waals surface area contributed by atoms with Crippen LogP contribution in [0.3, 0.4) is 0 Å². The minimum absolute atomic E-state index is 0.0987. The topological polar surface area (TPSA) is 106 Å². The number of sulfonamides is 2. The molecule has 0 saturated heterocycles. The lowest BCUT2D eigenvalue weighted by Crippen LogP contribution is -2.13. The van der Waals surface area contributed by atoms with Crippen LogP contribution in [0.2, 0.25) is 0 Å². The van der Waals surface area contributed by atoms with E-state index in [9.17, 15) is 16.8 Å². The van der Waals surface area contributed by atoms with Crippen molar-refractivity contribution in [3.8, 4) is 0 Å². The molecule has 0 radical (unpaired) electrons.